The minimum atomic E-state index is -3.95. The summed E-state index contributed by atoms with van der Waals surface area (Å²) in [7, 11) is 0. The first-order valence-corrected chi connectivity index (χ1v) is 4.48. The standard InChI is InChI=1S/C9H15F3/c1-6(2)7-3-4-8(5-7)9(10,11)12/h6-8H,3-5H2,1-2H3. The molecule has 0 amide bonds. The van der Waals surface area contributed by atoms with E-state index >= 15 is 0 Å². The highest BCUT2D eigenvalue weighted by atomic mass is 19.4. The Morgan fingerprint density at radius 1 is 1.17 bits per heavy atom. The van der Waals surface area contributed by atoms with E-state index in [1.807, 2.05) is 13.8 Å². The van der Waals surface area contributed by atoms with Gasteiger partial charge in [-0.1, -0.05) is 13.8 Å². The molecule has 12 heavy (non-hydrogen) atoms. The van der Waals surface area contributed by atoms with Crippen molar-refractivity contribution in [3.05, 3.63) is 0 Å². The molecule has 0 heterocycles. The Labute approximate surface area is 71.1 Å². The summed E-state index contributed by atoms with van der Waals surface area (Å²) in [6.45, 7) is 4.01. The third-order valence-electron chi connectivity index (χ3n) is 2.88. The molecule has 2 atom stereocenters. The van der Waals surface area contributed by atoms with Crippen LogP contribution in [0.3, 0.4) is 0 Å². The third-order valence-corrected chi connectivity index (χ3v) is 2.88. The number of hydrogen-bond acceptors (Lipinski definition) is 0. The van der Waals surface area contributed by atoms with Crippen molar-refractivity contribution in [2.45, 2.75) is 39.3 Å². The van der Waals surface area contributed by atoms with Gasteiger partial charge in [0.1, 0.15) is 0 Å². The summed E-state index contributed by atoms with van der Waals surface area (Å²) in [6, 6.07) is 0. The summed E-state index contributed by atoms with van der Waals surface area (Å²) in [6.07, 6.45) is -2.51. The molecule has 0 N–H and O–H groups in total. The summed E-state index contributed by atoms with van der Waals surface area (Å²) in [5.41, 5.74) is 0. The van der Waals surface area contributed by atoms with Gasteiger partial charge in [0.25, 0.3) is 0 Å². The van der Waals surface area contributed by atoms with Gasteiger partial charge < -0.3 is 0 Å². The molecule has 0 spiro atoms. The van der Waals surface area contributed by atoms with Crippen LogP contribution >= 0.6 is 0 Å². The molecule has 0 aliphatic heterocycles. The predicted octanol–water partition coefficient (Wildman–Crippen LogP) is 3.62. The van der Waals surface area contributed by atoms with E-state index < -0.39 is 12.1 Å². The fraction of sp³-hybridized carbons (Fsp3) is 1.00. The first-order valence-electron chi connectivity index (χ1n) is 4.48. The number of rotatable bonds is 1. The Morgan fingerprint density at radius 2 is 1.75 bits per heavy atom. The lowest BCUT2D eigenvalue weighted by atomic mass is 9.93. The molecule has 1 aliphatic rings. The van der Waals surface area contributed by atoms with Crippen LogP contribution in [-0.2, 0) is 0 Å². The van der Waals surface area contributed by atoms with Gasteiger partial charge in [-0.25, -0.2) is 0 Å². The van der Waals surface area contributed by atoms with Crippen LogP contribution in [0.2, 0.25) is 0 Å². The maximum absolute atomic E-state index is 12.2. The molecule has 72 valence electrons. The van der Waals surface area contributed by atoms with Crippen molar-refractivity contribution in [1.82, 2.24) is 0 Å². The first-order chi connectivity index (χ1) is 5.41. The van der Waals surface area contributed by atoms with Gasteiger partial charge in [0, 0.05) is 0 Å². The van der Waals surface area contributed by atoms with Crippen LogP contribution in [-0.4, -0.2) is 6.18 Å². The number of hydrogen-bond donors (Lipinski definition) is 0. The minimum absolute atomic E-state index is 0.289. The van der Waals surface area contributed by atoms with Gasteiger partial charge in [-0.05, 0) is 31.1 Å². The minimum Gasteiger partial charge on any atom is -0.171 e. The van der Waals surface area contributed by atoms with Crippen molar-refractivity contribution >= 4 is 0 Å². The molecule has 1 aliphatic carbocycles. The zero-order chi connectivity index (χ0) is 9.35. The highest BCUT2D eigenvalue weighted by Crippen LogP contribution is 2.43. The van der Waals surface area contributed by atoms with Crippen LogP contribution in [0.1, 0.15) is 33.1 Å². The molecule has 0 bridgehead atoms. The summed E-state index contributed by atoms with van der Waals surface area (Å²) in [5, 5.41) is 0. The summed E-state index contributed by atoms with van der Waals surface area (Å²) >= 11 is 0. The second kappa shape index (κ2) is 3.27. The Balaban J connectivity index is 2.46. The van der Waals surface area contributed by atoms with Gasteiger partial charge in [0.05, 0.1) is 5.92 Å². The highest BCUT2D eigenvalue weighted by Gasteiger charge is 2.44. The molecule has 0 radical (unpaired) electrons. The lowest BCUT2D eigenvalue weighted by Gasteiger charge is -2.16. The normalized spacial score (nSPS) is 31.5. The lowest BCUT2D eigenvalue weighted by Crippen LogP contribution is -2.20. The van der Waals surface area contributed by atoms with E-state index in [4.69, 9.17) is 0 Å². The van der Waals surface area contributed by atoms with Crippen LogP contribution in [0.25, 0.3) is 0 Å². The number of halogens is 3. The van der Waals surface area contributed by atoms with Gasteiger partial charge in [0.2, 0.25) is 0 Å². The Kier molecular flexibility index (Phi) is 2.69. The molecular weight excluding hydrogens is 165 g/mol. The second-order valence-corrected chi connectivity index (χ2v) is 4.06. The van der Waals surface area contributed by atoms with Gasteiger partial charge in [-0.3, -0.25) is 0 Å². The van der Waals surface area contributed by atoms with Crippen LogP contribution in [0.15, 0.2) is 0 Å². The highest BCUT2D eigenvalue weighted by molar-refractivity contribution is 4.81. The SMILES string of the molecule is CC(C)C1CCC(C(F)(F)F)C1. The maximum Gasteiger partial charge on any atom is 0.391 e. The van der Waals surface area contributed by atoms with Crippen LogP contribution in [0, 0.1) is 17.8 Å². The van der Waals surface area contributed by atoms with Gasteiger partial charge in [-0.15, -0.1) is 0 Å². The van der Waals surface area contributed by atoms with Crippen LogP contribution < -0.4 is 0 Å². The molecule has 1 fully saturated rings. The van der Waals surface area contributed by atoms with Gasteiger partial charge >= 0.3 is 6.18 Å². The van der Waals surface area contributed by atoms with Crippen molar-refractivity contribution < 1.29 is 13.2 Å². The average molecular weight is 180 g/mol. The molecule has 1 saturated carbocycles. The third kappa shape index (κ3) is 2.14. The fourth-order valence-electron chi connectivity index (χ4n) is 1.92. The largest absolute Gasteiger partial charge is 0.391 e. The van der Waals surface area contributed by atoms with Crippen molar-refractivity contribution in [3.8, 4) is 0 Å². The molecule has 0 aromatic heterocycles. The second-order valence-electron chi connectivity index (χ2n) is 4.06. The Morgan fingerprint density at radius 3 is 2.00 bits per heavy atom. The van der Waals surface area contributed by atoms with E-state index in [1.54, 1.807) is 0 Å². The summed E-state index contributed by atoms with van der Waals surface area (Å²) < 4.78 is 36.6. The van der Waals surface area contributed by atoms with Crippen molar-refractivity contribution in [2.75, 3.05) is 0 Å². The lowest BCUT2D eigenvalue weighted by molar-refractivity contribution is -0.173. The van der Waals surface area contributed by atoms with E-state index in [9.17, 15) is 13.2 Å². The van der Waals surface area contributed by atoms with E-state index in [-0.39, 0.29) is 5.92 Å². The summed E-state index contributed by atoms with van der Waals surface area (Å²) in [4.78, 5) is 0. The van der Waals surface area contributed by atoms with Crippen molar-refractivity contribution in [2.24, 2.45) is 17.8 Å². The predicted molar refractivity (Wildman–Crippen MR) is 41.7 cm³/mol. The summed E-state index contributed by atoms with van der Waals surface area (Å²) in [5.74, 6) is -0.334. The molecule has 2 unspecified atom stereocenters. The molecule has 0 aromatic rings. The van der Waals surface area contributed by atoms with Crippen molar-refractivity contribution in [3.63, 3.8) is 0 Å². The average Bonchev–Trinajstić information content (AvgIpc) is 2.30. The molecule has 1 rings (SSSR count). The quantitative estimate of drug-likeness (QED) is 0.578. The monoisotopic (exact) mass is 180 g/mol. The smallest absolute Gasteiger partial charge is 0.171 e. The van der Waals surface area contributed by atoms with Crippen LogP contribution in [0.4, 0.5) is 13.2 Å². The van der Waals surface area contributed by atoms with E-state index in [1.165, 1.54) is 0 Å². The maximum atomic E-state index is 12.2. The first kappa shape index (κ1) is 9.87. The topological polar surface area (TPSA) is 0 Å². The molecule has 0 saturated heterocycles. The van der Waals surface area contributed by atoms with E-state index in [2.05, 4.69) is 0 Å². The van der Waals surface area contributed by atoms with Crippen molar-refractivity contribution in [1.29, 1.82) is 0 Å². The van der Waals surface area contributed by atoms with Gasteiger partial charge in [0.15, 0.2) is 0 Å². The van der Waals surface area contributed by atoms with E-state index in [0.29, 0.717) is 18.8 Å². The molecule has 0 aromatic carbocycles. The number of alkyl halides is 3. The molecule has 0 nitrogen and oxygen atoms in total. The zero-order valence-electron chi connectivity index (χ0n) is 7.49. The van der Waals surface area contributed by atoms with Crippen LogP contribution in [0.5, 0.6) is 0 Å². The van der Waals surface area contributed by atoms with E-state index in [0.717, 1.165) is 6.42 Å². The Hall–Kier alpha value is -0.210. The Bertz CT molecular complexity index is 148. The fourth-order valence-corrected chi connectivity index (χ4v) is 1.92. The van der Waals surface area contributed by atoms with Gasteiger partial charge in [-0.2, -0.15) is 13.2 Å². The zero-order valence-corrected chi connectivity index (χ0v) is 7.49. The molecule has 3 heteroatoms. The molecular formula is C9H15F3.